The number of hydrogen-bond acceptors (Lipinski definition) is 7. The van der Waals surface area contributed by atoms with E-state index in [1.807, 2.05) is 11.8 Å². The van der Waals surface area contributed by atoms with Gasteiger partial charge in [0.25, 0.3) is 0 Å². The first kappa shape index (κ1) is 14.9. The third kappa shape index (κ3) is 4.25. The van der Waals surface area contributed by atoms with Gasteiger partial charge < -0.3 is 24.5 Å². The second-order valence-electron chi connectivity index (χ2n) is 4.01. The quantitative estimate of drug-likeness (QED) is 0.670. The molecule has 0 aliphatic carbocycles. The van der Waals surface area contributed by atoms with Crippen LogP contribution in [-0.4, -0.2) is 56.8 Å². The van der Waals surface area contributed by atoms with E-state index in [4.69, 9.17) is 19.6 Å². The van der Waals surface area contributed by atoms with Crippen LogP contribution >= 0.6 is 0 Å². The van der Waals surface area contributed by atoms with E-state index in [1.165, 1.54) is 0 Å². The van der Waals surface area contributed by atoms with Crippen molar-refractivity contribution in [2.24, 2.45) is 5.73 Å². The van der Waals surface area contributed by atoms with Crippen molar-refractivity contribution in [3.05, 3.63) is 5.89 Å². The SMILES string of the molecule is COCCN(c1nnc(CCN)o1)C(C)COC. The fourth-order valence-corrected chi connectivity index (χ4v) is 1.61. The highest BCUT2D eigenvalue weighted by Gasteiger charge is 2.20. The minimum atomic E-state index is 0.135. The van der Waals surface area contributed by atoms with E-state index < -0.39 is 0 Å². The van der Waals surface area contributed by atoms with Gasteiger partial charge in [0.2, 0.25) is 5.89 Å². The number of nitrogens with two attached hydrogens (primary N) is 1. The van der Waals surface area contributed by atoms with Crippen molar-refractivity contribution >= 4 is 6.01 Å². The average molecular weight is 258 g/mol. The Hall–Kier alpha value is -1.18. The molecule has 0 bridgehead atoms. The minimum absolute atomic E-state index is 0.135. The van der Waals surface area contributed by atoms with Crippen LogP contribution in [0.3, 0.4) is 0 Å². The molecule has 2 N–H and O–H groups in total. The lowest BCUT2D eigenvalue weighted by atomic mass is 10.3. The molecular formula is C11H22N4O3. The molecule has 0 fully saturated rings. The molecule has 7 nitrogen and oxygen atoms in total. The number of anilines is 1. The number of ether oxygens (including phenoxy) is 2. The summed E-state index contributed by atoms with van der Waals surface area (Å²) in [7, 11) is 3.32. The normalized spacial score (nSPS) is 12.7. The van der Waals surface area contributed by atoms with E-state index in [9.17, 15) is 0 Å². The van der Waals surface area contributed by atoms with Gasteiger partial charge in [0.1, 0.15) is 0 Å². The van der Waals surface area contributed by atoms with Crippen molar-refractivity contribution < 1.29 is 13.9 Å². The van der Waals surface area contributed by atoms with Crippen LogP contribution in [0, 0.1) is 0 Å². The van der Waals surface area contributed by atoms with E-state index in [2.05, 4.69) is 10.2 Å². The second kappa shape index (κ2) is 8.02. The maximum atomic E-state index is 5.56. The number of methoxy groups -OCH3 is 2. The molecule has 0 aromatic carbocycles. The molecule has 1 unspecified atom stereocenters. The summed E-state index contributed by atoms with van der Waals surface area (Å²) in [5.41, 5.74) is 5.45. The van der Waals surface area contributed by atoms with Gasteiger partial charge in [-0.1, -0.05) is 5.10 Å². The van der Waals surface area contributed by atoms with Gasteiger partial charge in [0.05, 0.1) is 19.3 Å². The van der Waals surface area contributed by atoms with Crippen LogP contribution in [0.4, 0.5) is 6.01 Å². The Balaban J connectivity index is 2.72. The molecule has 1 aromatic heterocycles. The second-order valence-corrected chi connectivity index (χ2v) is 4.01. The smallest absolute Gasteiger partial charge is 0.318 e. The van der Waals surface area contributed by atoms with Crippen LogP contribution in [-0.2, 0) is 15.9 Å². The first-order valence-corrected chi connectivity index (χ1v) is 5.99. The van der Waals surface area contributed by atoms with E-state index in [0.717, 1.165) is 0 Å². The van der Waals surface area contributed by atoms with Crippen molar-refractivity contribution in [1.29, 1.82) is 0 Å². The molecule has 0 saturated heterocycles. The monoisotopic (exact) mass is 258 g/mol. The summed E-state index contributed by atoms with van der Waals surface area (Å²) in [5.74, 6) is 0.555. The summed E-state index contributed by atoms with van der Waals surface area (Å²) in [6, 6.07) is 0.622. The van der Waals surface area contributed by atoms with Crippen molar-refractivity contribution in [3.63, 3.8) is 0 Å². The van der Waals surface area contributed by atoms with Crippen molar-refractivity contribution in [1.82, 2.24) is 10.2 Å². The standard InChI is InChI=1S/C11H22N4O3/c1-9(8-17-3)15(6-7-16-2)11-14-13-10(18-11)4-5-12/h9H,4-8,12H2,1-3H3. The Morgan fingerprint density at radius 2 is 2.11 bits per heavy atom. The van der Waals surface area contributed by atoms with Gasteiger partial charge in [-0.05, 0) is 6.92 Å². The fraction of sp³-hybridized carbons (Fsp3) is 0.818. The van der Waals surface area contributed by atoms with Crippen LogP contribution in [0.15, 0.2) is 4.42 Å². The lowest BCUT2D eigenvalue weighted by Crippen LogP contribution is -2.38. The highest BCUT2D eigenvalue weighted by atomic mass is 16.5. The van der Waals surface area contributed by atoms with E-state index in [0.29, 0.717) is 44.6 Å². The third-order valence-electron chi connectivity index (χ3n) is 2.54. The summed E-state index contributed by atoms with van der Waals surface area (Å²) < 4.78 is 15.8. The first-order valence-electron chi connectivity index (χ1n) is 5.99. The van der Waals surface area contributed by atoms with Gasteiger partial charge in [0, 0.05) is 33.7 Å². The van der Waals surface area contributed by atoms with E-state index >= 15 is 0 Å². The maximum absolute atomic E-state index is 5.56. The zero-order valence-corrected chi connectivity index (χ0v) is 11.3. The molecule has 1 aromatic rings. The highest BCUT2D eigenvalue weighted by molar-refractivity contribution is 5.26. The number of hydrogen-bond donors (Lipinski definition) is 1. The van der Waals surface area contributed by atoms with Crippen LogP contribution in [0.2, 0.25) is 0 Å². The molecule has 7 heteroatoms. The summed E-state index contributed by atoms with van der Waals surface area (Å²) >= 11 is 0. The third-order valence-corrected chi connectivity index (χ3v) is 2.54. The molecule has 1 heterocycles. The number of rotatable bonds is 9. The maximum Gasteiger partial charge on any atom is 0.318 e. The molecule has 1 atom stereocenters. The van der Waals surface area contributed by atoms with Gasteiger partial charge >= 0.3 is 6.01 Å². The zero-order chi connectivity index (χ0) is 13.4. The van der Waals surface area contributed by atoms with E-state index in [1.54, 1.807) is 14.2 Å². The molecule has 1 rings (SSSR count). The van der Waals surface area contributed by atoms with Gasteiger partial charge in [-0.3, -0.25) is 0 Å². The van der Waals surface area contributed by atoms with Crippen molar-refractivity contribution in [2.75, 3.05) is 45.4 Å². The predicted molar refractivity (Wildman–Crippen MR) is 67.6 cm³/mol. The average Bonchev–Trinajstić information content (AvgIpc) is 2.79. The first-order chi connectivity index (χ1) is 8.72. The Bertz CT molecular complexity index is 332. The van der Waals surface area contributed by atoms with Crippen molar-refractivity contribution in [2.45, 2.75) is 19.4 Å². The molecule has 0 spiro atoms. The molecule has 0 aliphatic rings. The van der Waals surface area contributed by atoms with Gasteiger partial charge in [-0.2, -0.15) is 0 Å². The van der Waals surface area contributed by atoms with Crippen LogP contribution < -0.4 is 10.6 Å². The van der Waals surface area contributed by atoms with Gasteiger partial charge in [0.15, 0.2) is 0 Å². The highest BCUT2D eigenvalue weighted by Crippen LogP contribution is 2.15. The topological polar surface area (TPSA) is 86.6 Å². The summed E-state index contributed by atoms with van der Waals surface area (Å²) in [6.45, 7) is 4.37. The van der Waals surface area contributed by atoms with Crippen LogP contribution in [0.1, 0.15) is 12.8 Å². The summed E-state index contributed by atoms with van der Waals surface area (Å²) in [5, 5.41) is 7.99. The molecule has 18 heavy (non-hydrogen) atoms. The number of nitrogens with zero attached hydrogens (tertiary/aromatic N) is 3. The molecule has 0 radical (unpaired) electrons. The predicted octanol–water partition coefficient (Wildman–Crippen LogP) is 0.0585. The molecule has 0 saturated carbocycles. The lowest BCUT2D eigenvalue weighted by molar-refractivity contribution is 0.168. The largest absolute Gasteiger partial charge is 0.408 e. The lowest BCUT2D eigenvalue weighted by Gasteiger charge is -2.26. The van der Waals surface area contributed by atoms with E-state index in [-0.39, 0.29) is 6.04 Å². The molecular weight excluding hydrogens is 236 g/mol. The molecule has 104 valence electrons. The van der Waals surface area contributed by atoms with Gasteiger partial charge in [-0.15, -0.1) is 5.10 Å². The summed E-state index contributed by atoms with van der Waals surface area (Å²) in [4.78, 5) is 1.97. The van der Waals surface area contributed by atoms with Crippen molar-refractivity contribution in [3.8, 4) is 0 Å². The number of aromatic nitrogens is 2. The Morgan fingerprint density at radius 1 is 1.33 bits per heavy atom. The van der Waals surface area contributed by atoms with Crippen LogP contribution in [0.5, 0.6) is 0 Å². The zero-order valence-electron chi connectivity index (χ0n) is 11.3. The Kier molecular flexibility index (Phi) is 6.63. The van der Waals surface area contributed by atoms with Crippen LogP contribution in [0.25, 0.3) is 0 Å². The fourth-order valence-electron chi connectivity index (χ4n) is 1.61. The minimum Gasteiger partial charge on any atom is -0.408 e. The molecule has 0 amide bonds. The Labute approximate surface area is 107 Å². The molecule has 0 aliphatic heterocycles. The summed E-state index contributed by atoms with van der Waals surface area (Å²) in [6.07, 6.45) is 0.587. The van der Waals surface area contributed by atoms with Gasteiger partial charge in [-0.25, -0.2) is 0 Å². The Morgan fingerprint density at radius 3 is 2.72 bits per heavy atom.